The number of hydrogen-bond donors (Lipinski definition) is 2. The maximum atomic E-state index is 12.2. The lowest BCUT2D eigenvalue weighted by Gasteiger charge is -2.25. The van der Waals surface area contributed by atoms with Crippen LogP contribution in [-0.4, -0.2) is 22.0 Å². The molecule has 0 atom stereocenters. The van der Waals surface area contributed by atoms with Gasteiger partial charge in [0.15, 0.2) is 0 Å². The molecule has 2 N–H and O–H groups in total. The Morgan fingerprint density at radius 2 is 1.86 bits per heavy atom. The number of amides is 1. The molecule has 0 bridgehead atoms. The molecule has 1 saturated carbocycles. The number of fused-ring (bicyclic) bond motifs is 1. The molecule has 22 heavy (non-hydrogen) atoms. The topological polar surface area (TPSA) is 79.3 Å². The second-order valence-corrected chi connectivity index (χ2v) is 6.80. The smallest absolute Gasteiger partial charge is 0.306 e. The van der Waals surface area contributed by atoms with Crippen molar-refractivity contribution in [1.82, 2.24) is 10.3 Å². The van der Waals surface area contributed by atoms with E-state index in [1.165, 1.54) is 0 Å². The first-order valence-electron chi connectivity index (χ1n) is 7.48. The summed E-state index contributed by atoms with van der Waals surface area (Å²) in [4.78, 5) is 27.6. The van der Waals surface area contributed by atoms with Crippen LogP contribution in [0.3, 0.4) is 0 Å². The van der Waals surface area contributed by atoms with Crippen LogP contribution < -0.4 is 5.32 Å². The number of hydrogen-bond acceptors (Lipinski definition) is 4. The van der Waals surface area contributed by atoms with E-state index in [1.54, 1.807) is 11.3 Å². The molecule has 0 saturated heterocycles. The largest absolute Gasteiger partial charge is 0.481 e. The molecule has 2 aromatic rings. The Bertz CT molecular complexity index is 657. The van der Waals surface area contributed by atoms with Gasteiger partial charge in [-0.15, -0.1) is 11.3 Å². The van der Waals surface area contributed by atoms with E-state index in [4.69, 9.17) is 5.11 Å². The molecule has 3 rings (SSSR count). The molecule has 1 heterocycles. The van der Waals surface area contributed by atoms with Crippen LogP contribution in [0.15, 0.2) is 24.3 Å². The van der Waals surface area contributed by atoms with Crippen LogP contribution in [0, 0.1) is 11.8 Å². The van der Waals surface area contributed by atoms with Crippen molar-refractivity contribution in [1.29, 1.82) is 0 Å². The van der Waals surface area contributed by atoms with Crippen LogP contribution in [-0.2, 0) is 16.1 Å². The van der Waals surface area contributed by atoms with Crippen LogP contribution in [0.25, 0.3) is 10.2 Å². The predicted octanol–water partition coefficient (Wildman–Crippen LogP) is 2.80. The highest BCUT2D eigenvalue weighted by atomic mass is 32.1. The Hall–Kier alpha value is -1.95. The molecule has 1 aliphatic rings. The number of aromatic nitrogens is 1. The van der Waals surface area contributed by atoms with Crippen LogP contribution in [0.5, 0.6) is 0 Å². The first-order valence-corrected chi connectivity index (χ1v) is 8.30. The second-order valence-electron chi connectivity index (χ2n) is 5.68. The zero-order valence-corrected chi connectivity index (χ0v) is 12.9. The van der Waals surface area contributed by atoms with Gasteiger partial charge >= 0.3 is 5.97 Å². The van der Waals surface area contributed by atoms with Gasteiger partial charge in [-0.05, 0) is 37.8 Å². The number of para-hydroxylation sites is 1. The summed E-state index contributed by atoms with van der Waals surface area (Å²) < 4.78 is 1.12. The van der Waals surface area contributed by atoms with Crippen molar-refractivity contribution in [3.8, 4) is 0 Å². The van der Waals surface area contributed by atoms with E-state index in [9.17, 15) is 9.59 Å². The van der Waals surface area contributed by atoms with E-state index in [-0.39, 0.29) is 17.7 Å². The van der Waals surface area contributed by atoms with Crippen molar-refractivity contribution in [2.45, 2.75) is 32.2 Å². The van der Waals surface area contributed by atoms with Crippen LogP contribution >= 0.6 is 11.3 Å². The van der Waals surface area contributed by atoms with Gasteiger partial charge in [0.2, 0.25) is 5.91 Å². The summed E-state index contributed by atoms with van der Waals surface area (Å²) in [6, 6.07) is 7.91. The van der Waals surface area contributed by atoms with Gasteiger partial charge in [-0.1, -0.05) is 12.1 Å². The summed E-state index contributed by atoms with van der Waals surface area (Å²) in [6.45, 7) is 0.442. The number of rotatable bonds is 4. The van der Waals surface area contributed by atoms with E-state index in [0.717, 1.165) is 15.2 Å². The third-order valence-electron chi connectivity index (χ3n) is 4.20. The zero-order chi connectivity index (χ0) is 15.5. The summed E-state index contributed by atoms with van der Waals surface area (Å²) in [7, 11) is 0. The Morgan fingerprint density at radius 3 is 2.55 bits per heavy atom. The molecule has 116 valence electrons. The number of benzene rings is 1. The van der Waals surface area contributed by atoms with E-state index >= 15 is 0 Å². The van der Waals surface area contributed by atoms with Crippen molar-refractivity contribution in [3.05, 3.63) is 29.3 Å². The molecular formula is C16H18N2O3S. The molecule has 1 aliphatic carbocycles. The van der Waals surface area contributed by atoms with Crippen molar-refractivity contribution in [3.63, 3.8) is 0 Å². The average molecular weight is 318 g/mol. The standard InChI is InChI=1S/C16H18N2O3S/c19-15(10-5-7-11(8-6-10)16(20)21)17-9-14-18-12-3-1-2-4-13(12)22-14/h1-4,10-11H,5-9H2,(H,17,19)(H,20,21). The zero-order valence-electron chi connectivity index (χ0n) is 12.1. The minimum atomic E-state index is -0.742. The fourth-order valence-corrected chi connectivity index (χ4v) is 3.81. The van der Waals surface area contributed by atoms with Gasteiger partial charge in [0.05, 0.1) is 22.7 Å². The molecule has 5 nitrogen and oxygen atoms in total. The number of carboxylic acid groups (broad SMARTS) is 1. The first-order chi connectivity index (χ1) is 10.6. The average Bonchev–Trinajstić information content (AvgIpc) is 2.95. The van der Waals surface area contributed by atoms with Gasteiger partial charge in [-0.2, -0.15) is 0 Å². The van der Waals surface area contributed by atoms with Crippen molar-refractivity contribution >= 4 is 33.4 Å². The Balaban J connectivity index is 1.53. The highest BCUT2D eigenvalue weighted by Crippen LogP contribution is 2.29. The van der Waals surface area contributed by atoms with E-state index in [1.807, 2.05) is 24.3 Å². The third-order valence-corrected chi connectivity index (χ3v) is 5.24. The lowest BCUT2D eigenvalue weighted by Crippen LogP contribution is -2.34. The molecular weight excluding hydrogens is 300 g/mol. The second kappa shape index (κ2) is 6.44. The predicted molar refractivity (Wildman–Crippen MR) is 84.6 cm³/mol. The van der Waals surface area contributed by atoms with E-state index in [2.05, 4.69) is 10.3 Å². The number of carbonyl (C=O) groups is 2. The summed E-state index contributed by atoms with van der Waals surface area (Å²) in [5.74, 6) is -1.07. The maximum absolute atomic E-state index is 12.2. The monoisotopic (exact) mass is 318 g/mol. The van der Waals surface area contributed by atoms with Crippen LogP contribution in [0.4, 0.5) is 0 Å². The highest BCUT2D eigenvalue weighted by Gasteiger charge is 2.29. The van der Waals surface area contributed by atoms with Crippen LogP contribution in [0.1, 0.15) is 30.7 Å². The van der Waals surface area contributed by atoms with Crippen molar-refractivity contribution in [2.75, 3.05) is 0 Å². The number of carbonyl (C=O) groups excluding carboxylic acids is 1. The molecule has 0 aliphatic heterocycles. The van der Waals surface area contributed by atoms with Gasteiger partial charge < -0.3 is 10.4 Å². The minimum Gasteiger partial charge on any atom is -0.481 e. The summed E-state index contributed by atoms with van der Waals surface area (Å²) in [5, 5.41) is 12.8. The summed E-state index contributed by atoms with van der Waals surface area (Å²) >= 11 is 1.59. The van der Waals surface area contributed by atoms with Gasteiger partial charge in [-0.3, -0.25) is 9.59 Å². The van der Waals surface area contributed by atoms with Crippen molar-refractivity contribution < 1.29 is 14.7 Å². The Kier molecular flexibility index (Phi) is 4.38. The lowest BCUT2D eigenvalue weighted by molar-refractivity contribution is -0.144. The molecule has 1 fully saturated rings. The molecule has 0 unspecified atom stereocenters. The fourth-order valence-electron chi connectivity index (χ4n) is 2.91. The number of carboxylic acids is 1. The molecule has 1 aromatic heterocycles. The fraction of sp³-hybridized carbons (Fsp3) is 0.438. The lowest BCUT2D eigenvalue weighted by atomic mass is 9.81. The number of thiazole rings is 1. The Morgan fingerprint density at radius 1 is 1.18 bits per heavy atom. The van der Waals surface area contributed by atoms with E-state index in [0.29, 0.717) is 32.2 Å². The van der Waals surface area contributed by atoms with E-state index < -0.39 is 5.97 Å². The quantitative estimate of drug-likeness (QED) is 0.908. The summed E-state index contributed by atoms with van der Waals surface area (Å²) in [6.07, 6.45) is 2.49. The summed E-state index contributed by atoms with van der Waals surface area (Å²) in [5.41, 5.74) is 0.957. The molecule has 0 radical (unpaired) electrons. The maximum Gasteiger partial charge on any atom is 0.306 e. The molecule has 0 spiro atoms. The SMILES string of the molecule is O=C(O)C1CCC(C(=O)NCc2nc3ccccc3s2)CC1. The van der Waals surface area contributed by atoms with Crippen LogP contribution in [0.2, 0.25) is 0 Å². The van der Waals surface area contributed by atoms with Gasteiger partial charge in [0.25, 0.3) is 0 Å². The van der Waals surface area contributed by atoms with Gasteiger partial charge in [-0.25, -0.2) is 4.98 Å². The first kappa shape index (κ1) is 15.0. The molecule has 1 amide bonds. The minimum absolute atomic E-state index is 0.0168. The normalized spacial score (nSPS) is 21.6. The Labute approximate surface area is 132 Å². The number of aliphatic carboxylic acids is 1. The molecule has 1 aromatic carbocycles. The van der Waals surface area contributed by atoms with Gasteiger partial charge in [0, 0.05) is 5.92 Å². The number of nitrogens with one attached hydrogen (secondary N) is 1. The number of nitrogens with zero attached hydrogens (tertiary/aromatic N) is 1. The van der Waals surface area contributed by atoms with Crippen molar-refractivity contribution in [2.24, 2.45) is 11.8 Å². The highest BCUT2D eigenvalue weighted by molar-refractivity contribution is 7.18. The van der Waals surface area contributed by atoms with Gasteiger partial charge in [0.1, 0.15) is 5.01 Å². The third kappa shape index (κ3) is 3.27. The molecule has 6 heteroatoms.